The highest BCUT2D eigenvalue weighted by atomic mass is 32.1. The van der Waals surface area contributed by atoms with E-state index in [2.05, 4.69) is 29.7 Å². The van der Waals surface area contributed by atoms with Crippen molar-refractivity contribution in [3.05, 3.63) is 81.2 Å². The van der Waals surface area contributed by atoms with Crippen LogP contribution in [0.1, 0.15) is 76.4 Å². The third-order valence-corrected chi connectivity index (χ3v) is 7.96. The fourth-order valence-corrected chi connectivity index (χ4v) is 5.87. The van der Waals surface area contributed by atoms with E-state index in [-0.39, 0.29) is 12.5 Å². The average molecular weight is 562 g/mol. The molecule has 1 aliphatic rings. The maximum absolute atomic E-state index is 13.1. The van der Waals surface area contributed by atoms with Crippen molar-refractivity contribution in [2.75, 3.05) is 11.9 Å². The molecular weight excluding hydrogens is 526 g/mol. The fourth-order valence-electron chi connectivity index (χ4n) is 4.48. The SMILES string of the molecule is CCOC(=O)c1c(NC(=O)c2ccc(OC(C)C(=O)NN=Cc3ccc(CC)cc3)cc2)sc2c1CCC(C)C2. The van der Waals surface area contributed by atoms with Gasteiger partial charge in [-0.3, -0.25) is 9.59 Å². The Kier molecular flexibility index (Phi) is 9.71. The normalized spacial score (nSPS) is 15.2. The summed E-state index contributed by atoms with van der Waals surface area (Å²) in [6.45, 7) is 7.94. The predicted molar refractivity (Wildman–Crippen MR) is 158 cm³/mol. The van der Waals surface area contributed by atoms with E-state index in [0.29, 0.717) is 27.8 Å². The molecule has 0 radical (unpaired) electrons. The molecule has 1 heterocycles. The molecule has 2 amide bonds. The molecule has 0 saturated heterocycles. The van der Waals surface area contributed by atoms with Crippen molar-refractivity contribution < 1.29 is 23.9 Å². The molecule has 8 nitrogen and oxygen atoms in total. The van der Waals surface area contributed by atoms with Crippen molar-refractivity contribution in [1.82, 2.24) is 5.43 Å². The Labute approximate surface area is 238 Å². The van der Waals surface area contributed by atoms with E-state index in [9.17, 15) is 14.4 Å². The molecule has 0 spiro atoms. The van der Waals surface area contributed by atoms with Crippen molar-refractivity contribution in [2.24, 2.45) is 11.0 Å². The minimum absolute atomic E-state index is 0.268. The number of amides is 2. The van der Waals surface area contributed by atoms with Gasteiger partial charge in [0.25, 0.3) is 11.8 Å². The van der Waals surface area contributed by atoms with Crippen LogP contribution in [0.3, 0.4) is 0 Å². The van der Waals surface area contributed by atoms with Crippen LogP contribution in [0.15, 0.2) is 53.6 Å². The maximum Gasteiger partial charge on any atom is 0.341 e. The predicted octanol–water partition coefficient (Wildman–Crippen LogP) is 5.78. The van der Waals surface area contributed by atoms with E-state index in [1.807, 2.05) is 24.3 Å². The Morgan fingerprint density at radius 3 is 2.50 bits per heavy atom. The number of hydrogen-bond donors (Lipinski definition) is 2. The summed E-state index contributed by atoms with van der Waals surface area (Å²) in [4.78, 5) is 39.3. The first-order chi connectivity index (χ1) is 19.3. The smallest absolute Gasteiger partial charge is 0.341 e. The van der Waals surface area contributed by atoms with Gasteiger partial charge in [-0.05, 0) is 86.4 Å². The van der Waals surface area contributed by atoms with Crippen LogP contribution in [0.2, 0.25) is 0 Å². The van der Waals surface area contributed by atoms with E-state index in [4.69, 9.17) is 9.47 Å². The number of aryl methyl sites for hydroxylation is 1. The first kappa shape index (κ1) is 29.0. The minimum atomic E-state index is -0.800. The number of carbonyl (C=O) groups excluding carboxylic acids is 3. The Balaban J connectivity index is 1.36. The summed E-state index contributed by atoms with van der Waals surface area (Å²) in [5, 5.41) is 7.45. The van der Waals surface area contributed by atoms with Crippen LogP contribution < -0.4 is 15.5 Å². The van der Waals surface area contributed by atoms with Crippen molar-refractivity contribution in [2.45, 2.75) is 59.5 Å². The van der Waals surface area contributed by atoms with Crippen LogP contribution in [0.4, 0.5) is 5.00 Å². The largest absolute Gasteiger partial charge is 0.481 e. The topological polar surface area (TPSA) is 106 Å². The molecule has 2 atom stereocenters. The second-order valence-electron chi connectivity index (χ2n) is 9.84. The summed E-state index contributed by atoms with van der Waals surface area (Å²) in [5.74, 6) is -0.168. The summed E-state index contributed by atoms with van der Waals surface area (Å²) in [6.07, 6.45) is 4.42. The molecule has 9 heteroatoms. The van der Waals surface area contributed by atoms with E-state index in [0.717, 1.165) is 41.7 Å². The van der Waals surface area contributed by atoms with E-state index in [1.165, 1.54) is 16.9 Å². The molecule has 0 fully saturated rings. The van der Waals surface area contributed by atoms with Crippen LogP contribution in [-0.2, 0) is 28.8 Å². The van der Waals surface area contributed by atoms with Gasteiger partial charge in [0.15, 0.2) is 6.10 Å². The number of ether oxygens (including phenoxy) is 2. The summed E-state index contributed by atoms with van der Waals surface area (Å²) in [5.41, 5.74) is 6.47. The number of benzene rings is 2. The van der Waals surface area contributed by atoms with Gasteiger partial charge in [-0.1, -0.05) is 38.1 Å². The van der Waals surface area contributed by atoms with E-state index in [1.54, 1.807) is 44.3 Å². The van der Waals surface area contributed by atoms with Crippen molar-refractivity contribution in [3.8, 4) is 5.75 Å². The molecule has 1 aliphatic carbocycles. The number of esters is 1. The number of thiophene rings is 1. The van der Waals surface area contributed by atoms with Gasteiger partial charge in [0.05, 0.1) is 18.4 Å². The summed E-state index contributed by atoms with van der Waals surface area (Å²) < 4.78 is 11.0. The summed E-state index contributed by atoms with van der Waals surface area (Å²) >= 11 is 1.45. The van der Waals surface area contributed by atoms with E-state index < -0.39 is 18.0 Å². The highest BCUT2D eigenvalue weighted by Crippen LogP contribution is 2.40. The van der Waals surface area contributed by atoms with Crippen LogP contribution in [0.25, 0.3) is 0 Å². The number of nitrogens with zero attached hydrogens (tertiary/aromatic N) is 1. The molecule has 2 aromatic carbocycles. The van der Waals surface area contributed by atoms with Gasteiger partial charge in [0.2, 0.25) is 0 Å². The lowest BCUT2D eigenvalue weighted by atomic mass is 9.88. The first-order valence-corrected chi connectivity index (χ1v) is 14.4. The molecular formula is C31H35N3O5S. The third-order valence-electron chi connectivity index (χ3n) is 6.79. The molecule has 0 aliphatic heterocycles. The summed E-state index contributed by atoms with van der Waals surface area (Å²) in [6, 6.07) is 14.4. The lowest BCUT2D eigenvalue weighted by molar-refractivity contribution is -0.127. The first-order valence-electron chi connectivity index (χ1n) is 13.6. The number of hydrazone groups is 1. The van der Waals surface area contributed by atoms with Gasteiger partial charge in [-0.2, -0.15) is 5.10 Å². The standard InChI is InChI=1S/C31H35N3O5S/c1-5-21-8-10-22(11-9-21)18-32-34-28(35)20(4)39-24-14-12-23(13-15-24)29(36)33-30-27(31(37)38-6-2)25-16-7-19(3)17-26(25)40-30/h8-15,18-20H,5-7,16-17H2,1-4H3,(H,33,36)(H,34,35). The van der Waals surface area contributed by atoms with E-state index >= 15 is 0 Å². The number of nitrogens with one attached hydrogen (secondary N) is 2. The lowest BCUT2D eigenvalue weighted by Gasteiger charge is -2.18. The average Bonchev–Trinajstić information content (AvgIpc) is 3.30. The highest BCUT2D eigenvalue weighted by molar-refractivity contribution is 7.17. The Morgan fingerprint density at radius 1 is 1.10 bits per heavy atom. The number of anilines is 1. The van der Waals surface area contributed by atoms with Crippen LogP contribution in [0.5, 0.6) is 5.75 Å². The van der Waals surface area contributed by atoms with Gasteiger partial charge in [-0.15, -0.1) is 11.3 Å². The van der Waals surface area contributed by atoms with Crippen LogP contribution in [-0.4, -0.2) is 36.7 Å². The Morgan fingerprint density at radius 2 is 1.82 bits per heavy atom. The van der Waals surface area contributed by atoms with Crippen LogP contribution in [0, 0.1) is 5.92 Å². The second kappa shape index (κ2) is 13.4. The molecule has 2 unspecified atom stereocenters. The molecule has 0 saturated carbocycles. The molecule has 0 bridgehead atoms. The van der Waals surface area contributed by atoms with Crippen LogP contribution >= 0.6 is 11.3 Å². The summed E-state index contributed by atoms with van der Waals surface area (Å²) in [7, 11) is 0. The zero-order chi connectivity index (χ0) is 28.6. The monoisotopic (exact) mass is 561 g/mol. The van der Waals surface area contributed by atoms with Gasteiger partial charge in [0, 0.05) is 10.4 Å². The van der Waals surface area contributed by atoms with Gasteiger partial charge >= 0.3 is 5.97 Å². The Bertz CT molecular complexity index is 1380. The highest BCUT2D eigenvalue weighted by Gasteiger charge is 2.29. The zero-order valence-electron chi connectivity index (χ0n) is 23.3. The van der Waals surface area contributed by atoms with Crippen molar-refractivity contribution in [1.29, 1.82) is 0 Å². The van der Waals surface area contributed by atoms with Gasteiger partial charge in [-0.25, -0.2) is 10.2 Å². The second-order valence-corrected chi connectivity index (χ2v) is 10.9. The maximum atomic E-state index is 13.1. The number of rotatable bonds is 10. The number of fused-ring (bicyclic) bond motifs is 1. The molecule has 40 heavy (non-hydrogen) atoms. The van der Waals surface area contributed by atoms with Crippen molar-refractivity contribution in [3.63, 3.8) is 0 Å². The molecule has 1 aromatic heterocycles. The quantitative estimate of drug-likeness (QED) is 0.185. The van der Waals surface area contributed by atoms with Gasteiger partial charge in [0.1, 0.15) is 10.8 Å². The molecule has 4 rings (SSSR count). The molecule has 210 valence electrons. The number of hydrogen-bond acceptors (Lipinski definition) is 7. The lowest BCUT2D eigenvalue weighted by Crippen LogP contribution is -2.33. The number of carbonyl (C=O) groups is 3. The Hall–Kier alpha value is -3.98. The zero-order valence-corrected chi connectivity index (χ0v) is 24.1. The third kappa shape index (κ3) is 7.15. The van der Waals surface area contributed by atoms with Crippen molar-refractivity contribution >= 4 is 40.3 Å². The minimum Gasteiger partial charge on any atom is -0.481 e. The fraction of sp³-hybridized carbons (Fsp3) is 0.355. The molecule has 3 aromatic rings. The molecule has 2 N–H and O–H groups in total. The van der Waals surface area contributed by atoms with Gasteiger partial charge < -0.3 is 14.8 Å².